The van der Waals surface area contributed by atoms with Crippen LogP contribution in [0.5, 0.6) is 0 Å². The lowest BCUT2D eigenvalue weighted by molar-refractivity contribution is 0.0561. The summed E-state index contributed by atoms with van der Waals surface area (Å²) in [5, 5.41) is 0. The largest absolute Gasteiger partial charge is 0.463 e. The van der Waals surface area contributed by atoms with E-state index in [1.54, 1.807) is 6.07 Å². The molecule has 26 heavy (non-hydrogen) atoms. The lowest BCUT2D eigenvalue weighted by Gasteiger charge is -2.21. The van der Waals surface area contributed by atoms with Gasteiger partial charge >= 0.3 is 5.97 Å². The highest BCUT2D eigenvalue weighted by Gasteiger charge is 2.18. The van der Waals surface area contributed by atoms with Gasteiger partial charge in [-0.3, -0.25) is 9.80 Å². The molecule has 1 aromatic heterocycles. The van der Waals surface area contributed by atoms with E-state index in [2.05, 4.69) is 30.5 Å². The zero-order valence-corrected chi connectivity index (χ0v) is 16.3. The van der Waals surface area contributed by atoms with Crippen LogP contribution in [0.25, 0.3) is 0 Å². The summed E-state index contributed by atoms with van der Waals surface area (Å²) in [5.74, 6) is 0.312. The number of nitrogens with zero attached hydrogens (tertiary/aromatic N) is 2. The van der Waals surface area contributed by atoms with E-state index in [-0.39, 0.29) is 11.6 Å². The normalized spacial score (nSPS) is 16.4. The quantitative estimate of drug-likeness (QED) is 0.685. The summed E-state index contributed by atoms with van der Waals surface area (Å²) in [7, 11) is 1.34. The molecule has 0 atom stereocenters. The number of methoxy groups -OCH3 is 1. The van der Waals surface area contributed by atoms with Crippen molar-refractivity contribution >= 4 is 21.9 Å². The fraction of sp³-hybridized carbons (Fsp3) is 0.421. The van der Waals surface area contributed by atoms with Gasteiger partial charge in [0.25, 0.3) is 0 Å². The second-order valence-electron chi connectivity index (χ2n) is 6.41. The van der Waals surface area contributed by atoms with Crippen LogP contribution in [-0.4, -0.2) is 49.1 Å². The van der Waals surface area contributed by atoms with E-state index < -0.39 is 5.97 Å². The molecule has 0 N–H and O–H groups in total. The maximum Gasteiger partial charge on any atom is 0.373 e. The number of ether oxygens (including phenoxy) is 1. The zero-order valence-electron chi connectivity index (χ0n) is 14.7. The summed E-state index contributed by atoms with van der Waals surface area (Å²) in [6.45, 7) is 5.29. The molecule has 0 radical (unpaired) electrons. The molecule has 2 aromatic rings. The van der Waals surface area contributed by atoms with Gasteiger partial charge in [-0.15, -0.1) is 0 Å². The molecule has 0 saturated carbocycles. The maximum absolute atomic E-state index is 13.4. The van der Waals surface area contributed by atoms with Crippen LogP contribution in [0.15, 0.2) is 39.2 Å². The Balaban J connectivity index is 1.53. The van der Waals surface area contributed by atoms with Gasteiger partial charge in [-0.25, -0.2) is 9.18 Å². The van der Waals surface area contributed by atoms with Crippen LogP contribution < -0.4 is 0 Å². The van der Waals surface area contributed by atoms with Crippen molar-refractivity contribution in [3.63, 3.8) is 0 Å². The lowest BCUT2D eigenvalue weighted by atomic mass is 10.2. The Kier molecular flexibility index (Phi) is 6.45. The van der Waals surface area contributed by atoms with Crippen LogP contribution in [0, 0.1) is 5.82 Å². The smallest absolute Gasteiger partial charge is 0.373 e. The van der Waals surface area contributed by atoms with Gasteiger partial charge in [0, 0.05) is 19.6 Å². The van der Waals surface area contributed by atoms with Gasteiger partial charge < -0.3 is 9.15 Å². The molecule has 1 aliphatic rings. The number of rotatable bonds is 5. The molecule has 0 unspecified atom stereocenters. The van der Waals surface area contributed by atoms with Crippen molar-refractivity contribution in [2.45, 2.75) is 19.5 Å². The average Bonchev–Trinajstić information content (AvgIpc) is 2.99. The standard InChI is InChI=1S/C19H22BrFN2O3/c1-25-19(24)18-6-4-15(26-18)13-23-8-2-7-22(9-10-23)12-14-3-5-17(21)16(20)11-14/h3-6,11H,2,7-10,12-13H2,1H3. The molecule has 0 aliphatic carbocycles. The van der Waals surface area contributed by atoms with Crippen molar-refractivity contribution in [3.05, 3.63) is 57.7 Å². The minimum absolute atomic E-state index is 0.236. The Bertz CT molecular complexity index is 765. The van der Waals surface area contributed by atoms with Crippen molar-refractivity contribution in [1.82, 2.24) is 9.80 Å². The SMILES string of the molecule is COC(=O)c1ccc(CN2CCCN(Cc3ccc(F)c(Br)c3)CC2)o1. The Labute approximate surface area is 160 Å². The summed E-state index contributed by atoms with van der Waals surface area (Å²) in [6, 6.07) is 8.65. The molecule has 5 nitrogen and oxygen atoms in total. The molecule has 0 spiro atoms. The lowest BCUT2D eigenvalue weighted by Crippen LogP contribution is -2.30. The highest BCUT2D eigenvalue weighted by molar-refractivity contribution is 9.10. The molecular weight excluding hydrogens is 403 g/mol. The molecule has 0 bridgehead atoms. The van der Waals surface area contributed by atoms with Crippen molar-refractivity contribution in [3.8, 4) is 0 Å². The number of furan rings is 1. The first-order valence-corrected chi connectivity index (χ1v) is 9.40. The Morgan fingerprint density at radius 1 is 1.15 bits per heavy atom. The second kappa shape index (κ2) is 8.79. The van der Waals surface area contributed by atoms with Crippen LogP contribution in [-0.2, 0) is 17.8 Å². The van der Waals surface area contributed by atoms with Crippen molar-refractivity contribution in [2.75, 3.05) is 33.3 Å². The first kappa shape index (κ1) is 19.1. The van der Waals surface area contributed by atoms with Gasteiger partial charge in [-0.2, -0.15) is 0 Å². The summed E-state index contributed by atoms with van der Waals surface area (Å²) in [4.78, 5) is 16.2. The maximum atomic E-state index is 13.4. The van der Waals surface area contributed by atoms with Crippen molar-refractivity contribution in [1.29, 1.82) is 0 Å². The fourth-order valence-corrected chi connectivity index (χ4v) is 3.56. The minimum Gasteiger partial charge on any atom is -0.463 e. The third-order valence-electron chi connectivity index (χ3n) is 4.50. The van der Waals surface area contributed by atoms with E-state index >= 15 is 0 Å². The molecule has 140 valence electrons. The van der Waals surface area contributed by atoms with Gasteiger partial charge in [-0.05, 0) is 65.3 Å². The van der Waals surface area contributed by atoms with E-state index in [1.807, 2.05) is 18.2 Å². The highest BCUT2D eigenvalue weighted by Crippen LogP contribution is 2.19. The van der Waals surface area contributed by atoms with Crippen LogP contribution in [0.4, 0.5) is 4.39 Å². The average molecular weight is 425 g/mol. The van der Waals surface area contributed by atoms with E-state index in [0.29, 0.717) is 11.0 Å². The minimum atomic E-state index is -0.455. The molecule has 1 fully saturated rings. The number of esters is 1. The third-order valence-corrected chi connectivity index (χ3v) is 5.11. The molecule has 1 saturated heterocycles. The molecular formula is C19H22BrFN2O3. The first-order valence-electron chi connectivity index (χ1n) is 8.61. The molecule has 2 heterocycles. The number of hydrogen-bond acceptors (Lipinski definition) is 5. The molecule has 1 aliphatic heterocycles. The summed E-state index contributed by atoms with van der Waals surface area (Å²) >= 11 is 3.25. The summed E-state index contributed by atoms with van der Waals surface area (Å²) in [5.41, 5.74) is 1.10. The monoisotopic (exact) mass is 424 g/mol. The van der Waals surface area contributed by atoms with Gasteiger partial charge in [0.15, 0.2) is 0 Å². The Hall–Kier alpha value is -1.70. The van der Waals surface area contributed by atoms with E-state index in [1.165, 1.54) is 13.2 Å². The third kappa shape index (κ3) is 4.93. The number of carbonyl (C=O) groups excluding carboxylic acids is 1. The van der Waals surface area contributed by atoms with Gasteiger partial charge in [0.05, 0.1) is 18.1 Å². The van der Waals surface area contributed by atoms with Gasteiger partial charge in [0.2, 0.25) is 5.76 Å². The van der Waals surface area contributed by atoms with E-state index in [9.17, 15) is 9.18 Å². The van der Waals surface area contributed by atoms with Crippen LogP contribution >= 0.6 is 15.9 Å². The Morgan fingerprint density at radius 3 is 2.58 bits per heavy atom. The van der Waals surface area contributed by atoms with E-state index in [0.717, 1.165) is 50.5 Å². The summed E-state index contributed by atoms with van der Waals surface area (Å²) in [6.07, 6.45) is 1.05. The number of carbonyl (C=O) groups is 1. The number of benzene rings is 1. The molecule has 1 aromatic carbocycles. The van der Waals surface area contributed by atoms with E-state index in [4.69, 9.17) is 4.42 Å². The number of halogens is 2. The van der Waals surface area contributed by atoms with Crippen LogP contribution in [0.1, 0.15) is 28.3 Å². The van der Waals surface area contributed by atoms with Crippen molar-refractivity contribution < 1.29 is 18.3 Å². The summed E-state index contributed by atoms with van der Waals surface area (Å²) < 4.78 is 24.1. The Morgan fingerprint density at radius 2 is 1.88 bits per heavy atom. The predicted molar refractivity (Wildman–Crippen MR) is 99.3 cm³/mol. The van der Waals surface area contributed by atoms with Gasteiger partial charge in [-0.1, -0.05) is 6.07 Å². The molecule has 7 heteroatoms. The predicted octanol–water partition coefficient (Wildman–Crippen LogP) is 3.68. The number of hydrogen-bond donors (Lipinski definition) is 0. The van der Waals surface area contributed by atoms with Crippen LogP contribution in [0.2, 0.25) is 0 Å². The second-order valence-corrected chi connectivity index (χ2v) is 7.27. The fourth-order valence-electron chi connectivity index (χ4n) is 3.13. The first-order chi connectivity index (χ1) is 12.5. The molecule has 3 rings (SSSR count). The van der Waals surface area contributed by atoms with Gasteiger partial charge in [0.1, 0.15) is 11.6 Å². The van der Waals surface area contributed by atoms with Crippen molar-refractivity contribution in [2.24, 2.45) is 0 Å². The topological polar surface area (TPSA) is 45.9 Å². The zero-order chi connectivity index (χ0) is 18.5. The highest BCUT2D eigenvalue weighted by atomic mass is 79.9. The van der Waals surface area contributed by atoms with Crippen LogP contribution in [0.3, 0.4) is 0 Å². The molecule has 0 amide bonds.